The van der Waals surface area contributed by atoms with Crippen LogP contribution in [0.1, 0.15) is 33.6 Å². The number of rotatable bonds is 10. The van der Waals surface area contributed by atoms with Crippen molar-refractivity contribution < 1.29 is 9.53 Å². The summed E-state index contributed by atoms with van der Waals surface area (Å²) in [5, 5.41) is 11.1. The molecule has 1 unspecified atom stereocenters. The quantitative estimate of drug-likeness (QED) is 0.371. The van der Waals surface area contributed by atoms with Gasteiger partial charge < -0.3 is 0 Å². The average molecular weight is 397 g/mol. The summed E-state index contributed by atoms with van der Waals surface area (Å²) in [4.78, 5) is 0. The number of aliphatic hydroxyl groups is 1. The molecule has 1 aromatic rings. The van der Waals surface area contributed by atoms with E-state index in [1.54, 1.807) is 0 Å². The maximum atomic E-state index is 9.94. The predicted molar refractivity (Wildman–Crippen MR) is 103 cm³/mol. The summed E-state index contributed by atoms with van der Waals surface area (Å²) < 4.78 is 7.49. The van der Waals surface area contributed by atoms with Crippen LogP contribution in [-0.4, -0.2) is 41.1 Å². The molecule has 0 fully saturated rings. The van der Waals surface area contributed by atoms with Gasteiger partial charge in [0.05, 0.1) is 0 Å². The molecule has 0 aromatic heterocycles. The average Bonchev–Trinajstić information content (AvgIpc) is 2.60. The molecule has 2 nitrogen and oxygen atoms in total. The minimum absolute atomic E-state index is 0.479. The van der Waals surface area contributed by atoms with Crippen molar-refractivity contribution >= 4 is 27.7 Å². The number of benzene rings is 1. The van der Waals surface area contributed by atoms with Crippen molar-refractivity contribution in [2.75, 3.05) is 6.61 Å². The molecule has 0 aliphatic carbocycles. The molecule has 0 saturated carbocycles. The molecule has 1 rings (SSSR count). The predicted octanol–water partition coefficient (Wildman–Crippen LogP) is 3.60. The van der Waals surface area contributed by atoms with Crippen molar-refractivity contribution in [3.63, 3.8) is 0 Å². The van der Waals surface area contributed by atoms with E-state index in [0.717, 1.165) is 36.3 Å². The van der Waals surface area contributed by atoms with E-state index in [1.165, 1.54) is 4.46 Å². The first-order valence-corrected chi connectivity index (χ1v) is 13.2. The maximum absolute atomic E-state index is 9.94. The Balaban J connectivity index is 2.20. The topological polar surface area (TPSA) is 29.5 Å². The van der Waals surface area contributed by atoms with Gasteiger partial charge in [-0.05, 0) is 0 Å². The SMILES string of the molecule is CC[Si](CC)(CC)OCC#CC(O)CCC[Se]c1ccccc1. The van der Waals surface area contributed by atoms with Gasteiger partial charge in [-0.1, -0.05) is 0 Å². The van der Waals surface area contributed by atoms with Crippen molar-refractivity contribution in [1.29, 1.82) is 0 Å². The van der Waals surface area contributed by atoms with Crippen LogP contribution in [0.3, 0.4) is 0 Å². The normalized spacial score (nSPS) is 12.5. The Labute approximate surface area is 149 Å². The van der Waals surface area contributed by atoms with Crippen molar-refractivity contribution in [2.45, 2.75) is 63.2 Å². The second-order valence-corrected chi connectivity index (χ2v) is 12.9. The van der Waals surface area contributed by atoms with Crippen LogP contribution in [0, 0.1) is 11.8 Å². The summed E-state index contributed by atoms with van der Waals surface area (Å²) in [6.07, 6.45) is 1.29. The molecule has 0 radical (unpaired) electrons. The van der Waals surface area contributed by atoms with Gasteiger partial charge in [0, 0.05) is 0 Å². The van der Waals surface area contributed by atoms with Crippen LogP contribution in [0.25, 0.3) is 0 Å². The molecule has 0 bridgehead atoms. The second kappa shape index (κ2) is 11.9. The summed E-state index contributed by atoms with van der Waals surface area (Å²) in [5.74, 6) is 5.96. The molecule has 1 aromatic carbocycles. The first-order chi connectivity index (χ1) is 11.2. The van der Waals surface area contributed by atoms with Crippen LogP contribution in [0.2, 0.25) is 23.5 Å². The van der Waals surface area contributed by atoms with Gasteiger partial charge in [0.2, 0.25) is 0 Å². The molecule has 1 atom stereocenters. The van der Waals surface area contributed by atoms with E-state index in [1.807, 2.05) is 6.07 Å². The zero-order valence-corrected chi connectivity index (χ0v) is 17.4. The zero-order valence-electron chi connectivity index (χ0n) is 14.7. The van der Waals surface area contributed by atoms with E-state index < -0.39 is 14.4 Å². The zero-order chi connectivity index (χ0) is 17.0. The summed E-state index contributed by atoms with van der Waals surface area (Å²) in [7, 11) is -1.54. The van der Waals surface area contributed by atoms with Crippen LogP contribution in [0.5, 0.6) is 0 Å². The van der Waals surface area contributed by atoms with Crippen LogP contribution >= 0.6 is 0 Å². The molecule has 128 valence electrons. The molecule has 0 aliphatic rings. The fraction of sp³-hybridized carbons (Fsp3) is 0.579. The number of hydrogen-bond donors (Lipinski definition) is 1. The monoisotopic (exact) mass is 398 g/mol. The van der Waals surface area contributed by atoms with E-state index in [9.17, 15) is 5.11 Å². The van der Waals surface area contributed by atoms with Crippen LogP contribution < -0.4 is 4.46 Å². The fourth-order valence-electron chi connectivity index (χ4n) is 2.46. The Hall–Kier alpha value is -0.564. The molecular formula is C19H30O2SeSi. The van der Waals surface area contributed by atoms with E-state index in [4.69, 9.17) is 4.43 Å². The standard InChI is InChI=1S/C19H30O2SeSi/c1-4-23(5-2,6-3)21-16-10-12-18(20)13-11-17-22-19-14-8-7-9-15-19/h7-9,14-15,18,20H,4-6,11,13,16-17H2,1-3H3. The van der Waals surface area contributed by atoms with Gasteiger partial charge in [-0.15, -0.1) is 0 Å². The molecule has 0 spiro atoms. The third-order valence-electron chi connectivity index (χ3n) is 4.29. The molecule has 0 aliphatic heterocycles. The van der Waals surface area contributed by atoms with Crippen LogP contribution in [0.4, 0.5) is 0 Å². The Morgan fingerprint density at radius 2 is 1.78 bits per heavy atom. The fourth-order valence-corrected chi connectivity index (χ4v) is 6.83. The minimum atomic E-state index is -1.54. The van der Waals surface area contributed by atoms with Crippen molar-refractivity contribution in [3.8, 4) is 11.8 Å². The van der Waals surface area contributed by atoms with E-state index in [2.05, 4.69) is 56.9 Å². The van der Waals surface area contributed by atoms with Gasteiger partial charge in [-0.25, -0.2) is 0 Å². The summed E-state index contributed by atoms with van der Waals surface area (Å²) in [6.45, 7) is 7.13. The first-order valence-electron chi connectivity index (χ1n) is 8.64. The van der Waals surface area contributed by atoms with E-state index in [-0.39, 0.29) is 0 Å². The second-order valence-electron chi connectivity index (χ2n) is 5.67. The Morgan fingerprint density at radius 1 is 1.13 bits per heavy atom. The Bertz CT molecular complexity index is 469. The van der Waals surface area contributed by atoms with Gasteiger partial charge in [0.1, 0.15) is 0 Å². The van der Waals surface area contributed by atoms with Crippen LogP contribution in [0.15, 0.2) is 30.3 Å². The van der Waals surface area contributed by atoms with Crippen LogP contribution in [-0.2, 0) is 4.43 Å². The Morgan fingerprint density at radius 3 is 2.39 bits per heavy atom. The summed E-state index contributed by atoms with van der Waals surface area (Å²) in [6, 6.07) is 14.0. The van der Waals surface area contributed by atoms with Gasteiger partial charge in [-0.2, -0.15) is 0 Å². The third-order valence-corrected chi connectivity index (χ3v) is 11.2. The molecule has 0 saturated heterocycles. The third kappa shape index (κ3) is 8.19. The molecular weight excluding hydrogens is 367 g/mol. The van der Waals surface area contributed by atoms with E-state index in [0.29, 0.717) is 21.6 Å². The van der Waals surface area contributed by atoms with Gasteiger partial charge in [0.25, 0.3) is 0 Å². The number of hydrogen-bond acceptors (Lipinski definition) is 2. The van der Waals surface area contributed by atoms with Crippen molar-refractivity contribution in [1.82, 2.24) is 0 Å². The first kappa shape index (κ1) is 20.5. The van der Waals surface area contributed by atoms with Crippen molar-refractivity contribution in [2.24, 2.45) is 0 Å². The molecule has 1 N–H and O–H groups in total. The van der Waals surface area contributed by atoms with Gasteiger partial charge in [0.15, 0.2) is 0 Å². The van der Waals surface area contributed by atoms with Crippen molar-refractivity contribution in [3.05, 3.63) is 30.3 Å². The molecule has 4 heteroatoms. The van der Waals surface area contributed by atoms with Gasteiger partial charge in [-0.3, -0.25) is 0 Å². The molecule has 0 heterocycles. The molecule has 23 heavy (non-hydrogen) atoms. The van der Waals surface area contributed by atoms with Gasteiger partial charge >= 0.3 is 149 Å². The Kier molecular flexibility index (Phi) is 10.6. The van der Waals surface area contributed by atoms with E-state index >= 15 is 0 Å². The summed E-state index contributed by atoms with van der Waals surface area (Å²) >= 11 is 0.506. The summed E-state index contributed by atoms with van der Waals surface area (Å²) in [5.41, 5.74) is 0. The molecule has 0 amide bonds. The number of aliphatic hydroxyl groups excluding tert-OH is 1.